The zero-order chi connectivity index (χ0) is 8.81. The Kier molecular flexibility index (Phi) is 3.97. The van der Waals surface area contributed by atoms with Gasteiger partial charge in [-0.2, -0.15) is 0 Å². The van der Waals surface area contributed by atoms with Crippen LogP contribution in [0.25, 0.3) is 0 Å². The molecule has 1 rings (SSSR count). The fraction of sp³-hybridized carbons (Fsp3) is 0.333. The Balaban J connectivity index is 2.46. The molecule has 0 spiro atoms. The predicted octanol–water partition coefficient (Wildman–Crippen LogP) is 1.58. The Bertz CT molecular complexity index is 238. The van der Waals surface area contributed by atoms with Crippen molar-refractivity contribution in [3.8, 4) is 0 Å². The summed E-state index contributed by atoms with van der Waals surface area (Å²) in [5, 5.41) is 3.10. The summed E-state index contributed by atoms with van der Waals surface area (Å²) >= 11 is 1.78. The molecular weight excluding hydrogens is 168 g/mol. The van der Waals surface area contributed by atoms with Crippen LogP contribution in [0.4, 0.5) is 5.69 Å². The lowest BCUT2D eigenvalue weighted by Gasteiger charge is -2.03. The minimum Gasteiger partial charge on any atom is -0.398 e. The molecule has 0 aliphatic rings. The molecule has 0 saturated carbocycles. The highest BCUT2D eigenvalue weighted by atomic mass is 32.2. The Labute approximate surface area is 77.5 Å². The first-order valence-electron chi connectivity index (χ1n) is 3.96. The van der Waals surface area contributed by atoms with Crippen LogP contribution >= 0.6 is 11.8 Å². The molecule has 0 aliphatic carbocycles. The second-order valence-electron chi connectivity index (χ2n) is 2.49. The van der Waals surface area contributed by atoms with Gasteiger partial charge < -0.3 is 11.1 Å². The van der Waals surface area contributed by atoms with E-state index in [4.69, 9.17) is 5.73 Å². The number of benzene rings is 1. The number of nitrogens with two attached hydrogens (primary N) is 1. The van der Waals surface area contributed by atoms with Crippen molar-refractivity contribution >= 4 is 17.4 Å². The van der Waals surface area contributed by atoms with Crippen LogP contribution in [0.3, 0.4) is 0 Å². The molecule has 2 nitrogen and oxygen atoms in total. The Morgan fingerprint density at radius 1 is 1.42 bits per heavy atom. The number of nitrogens with one attached hydrogen (secondary N) is 1. The number of thioether (sulfide) groups is 1. The highest BCUT2D eigenvalue weighted by Gasteiger charge is 1.96. The molecule has 0 saturated heterocycles. The lowest BCUT2D eigenvalue weighted by molar-refractivity contribution is 0.872. The number of nitrogen functional groups attached to an aromatic ring is 1. The van der Waals surface area contributed by atoms with Crippen molar-refractivity contribution in [1.29, 1.82) is 0 Å². The molecule has 0 unspecified atom stereocenters. The molecule has 66 valence electrons. The van der Waals surface area contributed by atoms with Crippen LogP contribution in [-0.2, 0) is 0 Å². The molecule has 0 radical (unpaired) electrons. The number of hydrogen-bond donors (Lipinski definition) is 2. The van der Waals surface area contributed by atoms with Crippen LogP contribution in [0.15, 0.2) is 29.2 Å². The SMILES string of the molecule is CNCCSc1ccccc1N. The van der Waals surface area contributed by atoms with Gasteiger partial charge in [-0.1, -0.05) is 12.1 Å². The summed E-state index contributed by atoms with van der Waals surface area (Å²) < 4.78 is 0. The fourth-order valence-corrected chi connectivity index (χ4v) is 1.81. The average Bonchev–Trinajstić information content (AvgIpc) is 2.09. The van der Waals surface area contributed by atoms with Crippen molar-refractivity contribution in [2.24, 2.45) is 0 Å². The minimum atomic E-state index is 0.874. The van der Waals surface area contributed by atoms with Gasteiger partial charge in [0.05, 0.1) is 0 Å². The summed E-state index contributed by atoms with van der Waals surface area (Å²) in [5.74, 6) is 1.06. The van der Waals surface area contributed by atoms with Crippen LogP contribution in [0, 0.1) is 0 Å². The molecule has 0 atom stereocenters. The summed E-state index contributed by atoms with van der Waals surface area (Å²) in [6, 6.07) is 7.95. The van der Waals surface area contributed by atoms with E-state index in [0.29, 0.717) is 0 Å². The van der Waals surface area contributed by atoms with Crippen LogP contribution in [0.5, 0.6) is 0 Å². The van der Waals surface area contributed by atoms with Crippen molar-refractivity contribution < 1.29 is 0 Å². The maximum absolute atomic E-state index is 5.76. The molecule has 3 heteroatoms. The van der Waals surface area contributed by atoms with Gasteiger partial charge >= 0.3 is 0 Å². The first-order valence-corrected chi connectivity index (χ1v) is 4.95. The summed E-state index contributed by atoms with van der Waals surface area (Å²) in [6.07, 6.45) is 0. The molecule has 0 aliphatic heterocycles. The normalized spacial score (nSPS) is 10.1. The van der Waals surface area contributed by atoms with E-state index in [0.717, 1.165) is 18.0 Å². The van der Waals surface area contributed by atoms with E-state index >= 15 is 0 Å². The predicted molar refractivity (Wildman–Crippen MR) is 55.5 cm³/mol. The molecule has 0 amide bonds. The van der Waals surface area contributed by atoms with Gasteiger partial charge in [0.25, 0.3) is 0 Å². The van der Waals surface area contributed by atoms with Gasteiger partial charge in [0.1, 0.15) is 0 Å². The standard InChI is InChI=1S/C9H14N2S/c1-11-6-7-12-9-5-3-2-4-8(9)10/h2-5,11H,6-7,10H2,1H3. The third kappa shape index (κ3) is 2.75. The van der Waals surface area contributed by atoms with Gasteiger partial charge in [-0.05, 0) is 19.2 Å². The van der Waals surface area contributed by atoms with Crippen LogP contribution in [0.1, 0.15) is 0 Å². The van der Waals surface area contributed by atoms with E-state index in [2.05, 4.69) is 11.4 Å². The Morgan fingerprint density at radius 2 is 2.17 bits per heavy atom. The van der Waals surface area contributed by atoms with E-state index in [1.54, 1.807) is 11.8 Å². The van der Waals surface area contributed by atoms with E-state index in [9.17, 15) is 0 Å². The van der Waals surface area contributed by atoms with Gasteiger partial charge in [-0.25, -0.2) is 0 Å². The summed E-state index contributed by atoms with van der Waals surface area (Å²) in [7, 11) is 1.95. The molecule has 0 fully saturated rings. The minimum absolute atomic E-state index is 0.874. The van der Waals surface area contributed by atoms with E-state index < -0.39 is 0 Å². The molecule has 3 N–H and O–H groups in total. The van der Waals surface area contributed by atoms with E-state index in [1.165, 1.54) is 4.90 Å². The highest BCUT2D eigenvalue weighted by Crippen LogP contribution is 2.23. The highest BCUT2D eigenvalue weighted by molar-refractivity contribution is 7.99. The number of para-hydroxylation sites is 1. The van der Waals surface area contributed by atoms with Crippen molar-refractivity contribution in [3.63, 3.8) is 0 Å². The van der Waals surface area contributed by atoms with Crippen molar-refractivity contribution in [3.05, 3.63) is 24.3 Å². The van der Waals surface area contributed by atoms with Crippen LogP contribution in [-0.4, -0.2) is 19.3 Å². The summed E-state index contributed by atoms with van der Waals surface area (Å²) in [5.41, 5.74) is 6.64. The number of hydrogen-bond acceptors (Lipinski definition) is 3. The largest absolute Gasteiger partial charge is 0.398 e. The zero-order valence-corrected chi connectivity index (χ0v) is 8.03. The maximum atomic E-state index is 5.76. The van der Waals surface area contributed by atoms with Gasteiger partial charge in [-0.15, -0.1) is 11.8 Å². The lowest BCUT2D eigenvalue weighted by Crippen LogP contribution is -2.09. The summed E-state index contributed by atoms with van der Waals surface area (Å²) in [4.78, 5) is 1.17. The maximum Gasteiger partial charge on any atom is 0.0452 e. The molecular formula is C9H14N2S. The fourth-order valence-electron chi connectivity index (χ4n) is 0.875. The van der Waals surface area contributed by atoms with Gasteiger partial charge in [0.2, 0.25) is 0 Å². The number of anilines is 1. The zero-order valence-electron chi connectivity index (χ0n) is 7.21. The molecule has 1 aromatic rings. The van der Waals surface area contributed by atoms with Crippen molar-refractivity contribution in [1.82, 2.24) is 5.32 Å². The molecule has 0 bridgehead atoms. The quantitative estimate of drug-likeness (QED) is 0.422. The smallest absolute Gasteiger partial charge is 0.0452 e. The van der Waals surface area contributed by atoms with Crippen LogP contribution < -0.4 is 11.1 Å². The molecule has 0 heterocycles. The van der Waals surface area contributed by atoms with Crippen LogP contribution in [0.2, 0.25) is 0 Å². The first-order chi connectivity index (χ1) is 5.84. The first kappa shape index (κ1) is 9.42. The molecule has 1 aromatic carbocycles. The third-order valence-electron chi connectivity index (χ3n) is 1.53. The second-order valence-corrected chi connectivity index (χ2v) is 3.63. The van der Waals surface area contributed by atoms with E-state index in [-0.39, 0.29) is 0 Å². The second kappa shape index (κ2) is 5.06. The van der Waals surface area contributed by atoms with Gasteiger partial charge in [0.15, 0.2) is 0 Å². The topological polar surface area (TPSA) is 38.0 Å². The number of rotatable bonds is 4. The Morgan fingerprint density at radius 3 is 2.83 bits per heavy atom. The van der Waals surface area contributed by atoms with Crippen molar-refractivity contribution in [2.45, 2.75) is 4.90 Å². The molecule has 0 aromatic heterocycles. The Hall–Kier alpha value is -0.670. The molecule has 12 heavy (non-hydrogen) atoms. The van der Waals surface area contributed by atoms with Gasteiger partial charge in [0, 0.05) is 22.9 Å². The third-order valence-corrected chi connectivity index (χ3v) is 2.62. The van der Waals surface area contributed by atoms with Crippen molar-refractivity contribution in [2.75, 3.05) is 25.1 Å². The van der Waals surface area contributed by atoms with E-state index in [1.807, 2.05) is 25.2 Å². The monoisotopic (exact) mass is 182 g/mol. The summed E-state index contributed by atoms with van der Waals surface area (Å²) in [6.45, 7) is 1.01. The lowest BCUT2D eigenvalue weighted by atomic mass is 10.3. The van der Waals surface area contributed by atoms with Gasteiger partial charge in [-0.3, -0.25) is 0 Å². The average molecular weight is 182 g/mol.